The predicted octanol–water partition coefficient (Wildman–Crippen LogP) is 1.96. The Balaban J connectivity index is 1.93. The number of aliphatic hydroxyl groups is 1. The number of hydrogen-bond acceptors (Lipinski definition) is 2. The molecule has 0 bridgehead atoms. The Bertz CT molecular complexity index is 204. The molecule has 2 fully saturated rings. The van der Waals surface area contributed by atoms with E-state index < -0.39 is 12.5 Å². The Morgan fingerprint density at radius 2 is 2.07 bits per heavy atom. The average molecular weight is 206 g/mol. The first-order valence-corrected chi connectivity index (χ1v) is 5.23. The van der Waals surface area contributed by atoms with Gasteiger partial charge in [0.2, 0.25) is 0 Å². The lowest BCUT2D eigenvalue weighted by Crippen LogP contribution is -2.48. The standard InChI is InChI=1S/C10H16F2O2/c11-9(12)8(13)7-2-5-14-10(6-7)3-1-4-10/h7-9,13H,1-6H2. The van der Waals surface area contributed by atoms with Crippen molar-refractivity contribution in [3.05, 3.63) is 0 Å². The minimum absolute atomic E-state index is 0.154. The van der Waals surface area contributed by atoms with Crippen LogP contribution in [-0.4, -0.2) is 29.8 Å². The van der Waals surface area contributed by atoms with E-state index in [1.165, 1.54) is 0 Å². The van der Waals surface area contributed by atoms with Crippen molar-refractivity contribution in [1.29, 1.82) is 0 Å². The molecule has 4 heteroatoms. The largest absolute Gasteiger partial charge is 0.387 e. The van der Waals surface area contributed by atoms with Crippen LogP contribution in [-0.2, 0) is 4.74 Å². The fourth-order valence-corrected chi connectivity index (χ4v) is 2.48. The summed E-state index contributed by atoms with van der Waals surface area (Å²) in [5.74, 6) is -0.274. The molecule has 1 N–H and O–H groups in total. The molecule has 0 aromatic carbocycles. The van der Waals surface area contributed by atoms with Gasteiger partial charge in [0.1, 0.15) is 6.10 Å². The topological polar surface area (TPSA) is 29.5 Å². The summed E-state index contributed by atoms with van der Waals surface area (Å²) in [6.45, 7) is 0.522. The molecule has 0 amide bonds. The normalized spacial score (nSPS) is 33.0. The maximum absolute atomic E-state index is 12.3. The Labute approximate surface area is 82.3 Å². The smallest absolute Gasteiger partial charge is 0.264 e. The van der Waals surface area contributed by atoms with Crippen LogP contribution >= 0.6 is 0 Å². The second kappa shape index (κ2) is 3.74. The lowest BCUT2D eigenvalue weighted by molar-refractivity contribution is -0.169. The minimum atomic E-state index is -2.62. The van der Waals surface area contributed by atoms with E-state index in [-0.39, 0.29) is 11.5 Å². The number of aliphatic hydroxyl groups excluding tert-OH is 1. The summed E-state index contributed by atoms with van der Waals surface area (Å²) < 4.78 is 30.2. The molecule has 2 rings (SSSR count). The van der Waals surface area contributed by atoms with Gasteiger partial charge < -0.3 is 9.84 Å². The van der Waals surface area contributed by atoms with E-state index in [1.54, 1.807) is 0 Å². The molecule has 0 aromatic rings. The molecule has 0 radical (unpaired) electrons. The third-order valence-corrected chi connectivity index (χ3v) is 3.54. The zero-order chi connectivity index (χ0) is 10.2. The molecule has 2 aliphatic rings. The molecule has 2 nitrogen and oxygen atoms in total. The molecule has 1 aliphatic heterocycles. The van der Waals surface area contributed by atoms with Crippen molar-refractivity contribution < 1.29 is 18.6 Å². The maximum Gasteiger partial charge on any atom is 0.264 e. The van der Waals surface area contributed by atoms with Gasteiger partial charge in [-0.3, -0.25) is 0 Å². The molecule has 14 heavy (non-hydrogen) atoms. The molecule has 1 saturated heterocycles. The van der Waals surface area contributed by atoms with Gasteiger partial charge in [-0.1, -0.05) is 0 Å². The third-order valence-electron chi connectivity index (χ3n) is 3.54. The first-order chi connectivity index (χ1) is 6.63. The van der Waals surface area contributed by atoms with Crippen molar-refractivity contribution in [2.24, 2.45) is 5.92 Å². The number of hydrogen-bond donors (Lipinski definition) is 1. The zero-order valence-corrected chi connectivity index (χ0v) is 8.09. The van der Waals surface area contributed by atoms with Gasteiger partial charge in [0.05, 0.1) is 5.60 Å². The highest BCUT2D eigenvalue weighted by molar-refractivity contribution is 4.95. The molecule has 1 spiro atoms. The van der Waals surface area contributed by atoms with Crippen LogP contribution in [0.5, 0.6) is 0 Å². The molecule has 1 saturated carbocycles. The highest BCUT2D eigenvalue weighted by Crippen LogP contribution is 2.45. The van der Waals surface area contributed by atoms with Crippen molar-refractivity contribution in [3.63, 3.8) is 0 Å². The molecule has 2 atom stereocenters. The van der Waals surface area contributed by atoms with Gasteiger partial charge in [0, 0.05) is 6.61 Å². The number of alkyl halides is 2. The summed E-state index contributed by atoms with van der Waals surface area (Å²) in [5.41, 5.74) is -0.154. The van der Waals surface area contributed by atoms with Crippen molar-refractivity contribution in [2.75, 3.05) is 6.61 Å². The van der Waals surface area contributed by atoms with Crippen LogP contribution in [0.15, 0.2) is 0 Å². The minimum Gasteiger partial charge on any atom is -0.387 e. The van der Waals surface area contributed by atoms with Crippen molar-refractivity contribution in [3.8, 4) is 0 Å². The van der Waals surface area contributed by atoms with Crippen LogP contribution in [0.25, 0.3) is 0 Å². The van der Waals surface area contributed by atoms with Crippen LogP contribution in [0.2, 0.25) is 0 Å². The van der Waals surface area contributed by atoms with Gasteiger partial charge in [0.25, 0.3) is 6.43 Å². The fraction of sp³-hybridized carbons (Fsp3) is 1.00. The van der Waals surface area contributed by atoms with E-state index in [0.717, 1.165) is 19.3 Å². The first-order valence-electron chi connectivity index (χ1n) is 5.23. The molecule has 1 aliphatic carbocycles. The SMILES string of the molecule is OC(C(F)F)C1CCOC2(CCC2)C1. The summed E-state index contributed by atoms with van der Waals surface area (Å²) in [7, 11) is 0. The average Bonchev–Trinajstić information content (AvgIpc) is 2.14. The van der Waals surface area contributed by atoms with Gasteiger partial charge in [-0.05, 0) is 38.0 Å². The number of halogens is 2. The van der Waals surface area contributed by atoms with Gasteiger partial charge in [-0.2, -0.15) is 0 Å². The molecule has 0 aromatic heterocycles. The second-order valence-corrected chi connectivity index (χ2v) is 4.46. The zero-order valence-electron chi connectivity index (χ0n) is 8.09. The fourth-order valence-electron chi connectivity index (χ4n) is 2.48. The van der Waals surface area contributed by atoms with E-state index in [9.17, 15) is 13.9 Å². The van der Waals surface area contributed by atoms with Crippen LogP contribution in [0.4, 0.5) is 8.78 Å². The molecule has 2 unspecified atom stereocenters. The summed E-state index contributed by atoms with van der Waals surface area (Å²) in [6.07, 6.45) is 0.161. The monoisotopic (exact) mass is 206 g/mol. The van der Waals surface area contributed by atoms with E-state index in [0.29, 0.717) is 19.4 Å². The highest BCUT2D eigenvalue weighted by Gasteiger charge is 2.45. The van der Waals surface area contributed by atoms with E-state index >= 15 is 0 Å². The van der Waals surface area contributed by atoms with Crippen molar-refractivity contribution >= 4 is 0 Å². The molecular formula is C10H16F2O2. The third kappa shape index (κ3) is 1.77. The van der Waals surface area contributed by atoms with Crippen LogP contribution in [0, 0.1) is 5.92 Å². The number of rotatable bonds is 2. The predicted molar refractivity (Wildman–Crippen MR) is 47.3 cm³/mol. The van der Waals surface area contributed by atoms with E-state index in [2.05, 4.69) is 0 Å². The molecular weight excluding hydrogens is 190 g/mol. The molecule has 1 heterocycles. The summed E-state index contributed by atoms with van der Waals surface area (Å²) >= 11 is 0. The Hall–Kier alpha value is -0.220. The van der Waals surface area contributed by atoms with Gasteiger partial charge in [-0.25, -0.2) is 8.78 Å². The van der Waals surface area contributed by atoms with Gasteiger partial charge in [-0.15, -0.1) is 0 Å². The Kier molecular flexibility index (Phi) is 2.75. The van der Waals surface area contributed by atoms with Crippen molar-refractivity contribution in [1.82, 2.24) is 0 Å². The summed E-state index contributed by atoms with van der Waals surface area (Å²) in [5, 5.41) is 9.30. The van der Waals surface area contributed by atoms with Crippen molar-refractivity contribution in [2.45, 2.75) is 50.2 Å². The second-order valence-electron chi connectivity index (χ2n) is 4.46. The maximum atomic E-state index is 12.3. The van der Waals surface area contributed by atoms with Crippen LogP contribution < -0.4 is 0 Å². The lowest BCUT2D eigenvalue weighted by Gasteiger charge is -2.48. The highest BCUT2D eigenvalue weighted by atomic mass is 19.3. The van der Waals surface area contributed by atoms with Gasteiger partial charge >= 0.3 is 0 Å². The summed E-state index contributed by atoms with van der Waals surface area (Å²) in [6, 6.07) is 0. The first kappa shape index (κ1) is 10.3. The van der Waals surface area contributed by atoms with Crippen LogP contribution in [0.1, 0.15) is 32.1 Å². The van der Waals surface area contributed by atoms with Crippen LogP contribution in [0.3, 0.4) is 0 Å². The summed E-state index contributed by atoms with van der Waals surface area (Å²) in [4.78, 5) is 0. The van der Waals surface area contributed by atoms with E-state index in [4.69, 9.17) is 4.74 Å². The van der Waals surface area contributed by atoms with Gasteiger partial charge in [0.15, 0.2) is 0 Å². The lowest BCUT2D eigenvalue weighted by atomic mass is 9.71. The molecule has 82 valence electrons. The number of ether oxygens (including phenoxy) is 1. The Morgan fingerprint density at radius 3 is 2.57 bits per heavy atom. The Morgan fingerprint density at radius 1 is 1.36 bits per heavy atom. The van der Waals surface area contributed by atoms with E-state index in [1.807, 2.05) is 0 Å². The quantitative estimate of drug-likeness (QED) is 0.748.